The van der Waals surface area contributed by atoms with Crippen molar-refractivity contribution in [2.75, 3.05) is 23.3 Å². The molecule has 0 aliphatic carbocycles. The Balaban J connectivity index is 1.83. The summed E-state index contributed by atoms with van der Waals surface area (Å²) in [6.45, 7) is 9.31. The Hall–Kier alpha value is -3.02. The molecular weight excluding hydrogens is 342 g/mol. The zero-order valence-electron chi connectivity index (χ0n) is 16.1. The molecule has 0 bridgehead atoms. The van der Waals surface area contributed by atoms with Crippen LogP contribution in [0.2, 0.25) is 0 Å². The van der Waals surface area contributed by atoms with Gasteiger partial charge in [-0.05, 0) is 53.8 Å². The summed E-state index contributed by atoms with van der Waals surface area (Å²) in [4.78, 5) is 26.2. The van der Waals surface area contributed by atoms with E-state index in [1.54, 1.807) is 35.2 Å². The van der Waals surface area contributed by atoms with Gasteiger partial charge >= 0.3 is 6.03 Å². The normalized spacial score (nSPS) is 14.2. The van der Waals surface area contributed by atoms with E-state index in [9.17, 15) is 14.7 Å². The summed E-state index contributed by atoms with van der Waals surface area (Å²) in [6, 6.07) is 10.3. The summed E-state index contributed by atoms with van der Waals surface area (Å²) in [7, 11) is 0. The van der Waals surface area contributed by atoms with Crippen molar-refractivity contribution in [2.45, 2.75) is 33.1 Å². The Labute approximate surface area is 159 Å². The van der Waals surface area contributed by atoms with Crippen molar-refractivity contribution >= 4 is 23.3 Å². The fourth-order valence-electron chi connectivity index (χ4n) is 3.10. The predicted molar refractivity (Wildman–Crippen MR) is 107 cm³/mol. The number of nitrogens with zero attached hydrogens (tertiary/aromatic N) is 1. The van der Waals surface area contributed by atoms with Gasteiger partial charge in [0.05, 0.1) is 5.69 Å². The van der Waals surface area contributed by atoms with E-state index >= 15 is 0 Å². The molecule has 1 aliphatic rings. The third-order valence-corrected chi connectivity index (χ3v) is 4.72. The quantitative estimate of drug-likeness (QED) is 0.722. The Kier molecular flexibility index (Phi) is 4.83. The van der Waals surface area contributed by atoms with Crippen molar-refractivity contribution in [3.8, 4) is 5.75 Å². The van der Waals surface area contributed by atoms with E-state index in [4.69, 9.17) is 0 Å². The number of amides is 3. The Morgan fingerprint density at radius 3 is 2.52 bits per heavy atom. The minimum atomic E-state index is -0.308. The van der Waals surface area contributed by atoms with Crippen molar-refractivity contribution in [3.63, 3.8) is 0 Å². The smallest absolute Gasteiger partial charge is 0.322 e. The molecule has 2 aromatic carbocycles. The highest BCUT2D eigenvalue weighted by atomic mass is 16.3. The van der Waals surface area contributed by atoms with Crippen LogP contribution in [0.1, 0.15) is 42.3 Å². The van der Waals surface area contributed by atoms with E-state index in [2.05, 4.69) is 31.4 Å². The first-order valence-electron chi connectivity index (χ1n) is 8.97. The first-order chi connectivity index (χ1) is 12.7. The maximum absolute atomic E-state index is 12.7. The van der Waals surface area contributed by atoms with Gasteiger partial charge in [-0.3, -0.25) is 9.69 Å². The number of urea groups is 1. The fraction of sp³-hybridized carbons (Fsp3) is 0.333. The molecule has 1 saturated heterocycles. The molecule has 1 fully saturated rings. The van der Waals surface area contributed by atoms with E-state index in [1.807, 2.05) is 13.0 Å². The van der Waals surface area contributed by atoms with Gasteiger partial charge in [0.15, 0.2) is 0 Å². The van der Waals surface area contributed by atoms with Gasteiger partial charge in [-0.2, -0.15) is 0 Å². The maximum atomic E-state index is 12.7. The molecule has 0 saturated carbocycles. The van der Waals surface area contributed by atoms with E-state index in [1.165, 1.54) is 0 Å². The molecule has 1 heterocycles. The van der Waals surface area contributed by atoms with Crippen LogP contribution >= 0.6 is 0 Å². The minimum Gasteiger partial charge on any atom is -0.506 e. The first-order valence-corrected chi connectivity index (χ1v) is 8.97. The van der Waals surface area contributed by atoms with E-state index in [-0.39, 0.29) is 23.1 Å². The van der Waals surface area contributed by atoms with Crippen LogP contribution in [0.5, 0.6) is 5.75 Å². The Morgan fingerprint density at radius 2 is 1.93 bits per heavy atom. The van der Waals surface area contributed by atoms with E-state index in [0.717, 1.165) is 16.8 Å². The number of aromatic hydroxyl groups is 1. The minimum absolute atomic E-state index is 0.0263. The lowest BCUT2D eigenvalue weighted by molar-refractivity contribution is 0.102. The van der Waals surface area contributed by atoms with Crippen molar-refractivity contribution in [2.24, 2.45) is 0 Å². The number of rotatable bonds is 3. The number of hydrogen-bond acceptors (Lipinski definition) is 3. The molecule has 0 unspecified atom stereocenters. The molecule has 6 nitrogen and oxygen atoms in total. The molecule has 3 amide bonds. The number of phenols is 1. The van der Waals surface area contributed by atoms with E-state index in [0.29, 0.717) is 24.3 Å². The number of carbonyl (C=O) groups excluding carboxylic acids is 2. The number of phenolic OH excluding ortho intramolecular Hbond substituents is 1. The second-order valence-corrected chi connectivity index (χ2v) is 7.82. The average molecular weight is 367 g/mol. The molecule has 0 radical (unpaired) electrons. The van der Waals surface area contributed by atoms with Crippen molar-refractivity contribution < 1.29 is 14.7 Å². The number of anilines is 2. The summed E-state index contributed by atoms with van der Waals surface area (Å²) in [5.74, 6) is -0.282. The number of aryl methyl sites for hydroxylation is 1. The van der Waals surface area contributed by atoms with Crippen LogP contribution in [0, 0.1) is 6.92 Å². The Morgan fingerprint density at radius 1 is 1.19 bits per heavy atom. The zero-order chi connectivity index (χ0) is 19.8. The zero-order valence-corrected chi connectivity index (χ0v) is 16.1. The molecule has 6 heteroatoms. The highest BCUT2D eigenvalue weighted by Crippen LogP contribution is 2.31. The SMILES string of the molecule is Cc1cc(C(=O)Nc2cc(C(C)(C)C)ccc2O)ccc1N1CCNC1=O. The van der Waals surface area contributed by atoms with Crippen LogP contribution in [0.3, 0.4) is 0 Å². The van der Waals surface area contributed by atoms with Crippen LogP contribution in [-0.4, -0.2) is 30.1 Å². The first kappa shape index (κ1) is 18.8. The maximum Gasteiger partial charge on any atom is 0.322 e. The lowest BCUT2D eigenvalue weighted by Gasteiger charge is -2.21. The Bertz CT molecular complexity index is 900. The number of carbonyl (C=O) groups is 2. The monoisotopic (exact) mass is 367 g/mol. The molecule has 1 aliphatic heterocycles. The molecule has 142 valence electrons. The molecule has 27 heavy (non-hydrogen) atoms. The van der Waals surface area contributed by atoms with Gasteiger partial charge in [0, 0.05) is 24.3 Å². The second kappa shape index (κ2) is 6.95. The fourth-order valence-corrected chi connectivity index (χ4v) is 3.10. The molecule has 0 spiro atoms. The van der Waals surface area contributed by atoms with Crippen LogP contribution in [0.25, 0.3) is 0 Å². The van der Waals surface area contributed by atoms with Crippen LogP contribution < -0.4 is 15.5 Å². The van der Waals surface area contributed by atoms with Gasteiger partial charge in [0.25, 0.3) is 5.91 Å². The average Bonchev–Trinajstić information content (AvgIpc) is 3.01. The van der Waals surface area contributed by atoms with Gasteiger partial charge < -0.3 is 15.7 Å². The predicted octanol–water partition coefficient (Wildman–Crippen LogP) is 3.78. The van der Waals surface area contributed by atoms with Gasteiger partial charge in [-0.1, -0.05) is 26.8 Å². The van der Waals surface area contributed by atoms with Crippen molar-refractivity contribution in [1.29, 1.82) is 0 Å². The van der Waals surface area contributed by atoms with Crippen molar-refractivity contribution in [1.82, 2.24) is 5.32 Å². The highest BCUT2D eigenvalue weighted by Gasteiger charge is 2.23. The summed E-state index contributed by atoms with van der Waals surface area (Å²) in [5.41, 5.74) is 3.40. The second-order valence-electron chi connectivity index (χ2n) is 7.82. The van der Waals surface area contributed by atoms with Gasteiger partial charge in [0.2, 0.25) is 0 Å². The van der Waals surface area contributed by atoms with Crippen LogP contribution in [-0.2, 0) is 5.41 Å². The molecule has 0 atom stereocenters. The van der Waals surface area contributed by atoms with Crippen molar-refractivity contribution in [3.05, 3.63) is 53.1 Å². The summed E-state index contributed by atoms with van der Waals surface area (Å²) in [5, 5.41) is 15.7. The summed E-state index contributed by atoms with van der Waals surface area (Å²) in [6.07, 6.45) is 0. The molecule has 3 N–H and O–H groups in total. The molecular formula is C21H25N3O3. The largest absolute Gasteiger partial charge is 0.506 e. The molecule has 3 rings (SSSR count). The summed E-state index contributed by atoms with van der Waals surface area (Å²) < 4.78 is 0. The topological polar surface area (TPSA) is 81.7 Å². The van der Waals surface area contributed by atoms with Crippen LogP contribution in [0.15, 0.2) is 36.4 Å². The third-order valence-electron chi connectivity index (χ3n) is 4.72. The lowest BCUT2D eigenvalue weighted by atomic mass is 9.87. The van der Waals surface area contributed by atoms with Gasteiger partial charge in [0.1, 0.15) is 5.75 Å². The number of nitrogens with one attached hydrogen (secondary N) is 2. The molecule has 2 aromatic rings. The van der Waals surface area contributed by atoms with E-state index < -0.39 is 0 Å². The third kappa shape index (κ3) is 3.89. The lowest BCUT2D eigenvalue weighted by Crippen LogP contribution is -2.28. The standard InChI is InChI=1S/C21H25N3O3/c1-13-11-14(5-7-17(13)24-10-9-22-20(24)27)19(26)23-16-12-15(21(2,3)4)6-8-18(16)25/h5-8,11-12,25H,9-10H2,1-4H3,(H,22,27)(H,23,26). The number of benzene rings is 2. The van der Waals surface area contributed by atoms with Crippen LogP contribution in [0.4, 0.5) is 16.2 Å². The summed E-state index contributed by atoms with van der Waals surface area (Å²) >= 11 is 0. The highest BCUT2D eigenvalue weighted by molar-refractivity contribution is 6.06. The number of hydrogen-bond donors (Lipinski definition) is 3. The van der Waals surface area contributed by atoms with Gasteiger partial charge in [-0.15, -0.1) is 0 Å². The van der Waals surface area contributed by atoms with Gasteiger partial charge in [-0.25, -0.2) is 4.79 Å². The molecule has 0 aromatic heterocycles.